The van der Waals surface area contributed by atoms with E-state index < -0.39 is 0 Å². The van der Waals surface area contributed by atoms with Crippen molar-refractivity contribution in [2.24, 2.45) is 11.8 Å². The molecule has 0 radical (unpaired) electrons. The van der Waals surface area contributed by atoms with Crippen LogP contribution in [0.4, 0.5) is 0 Å². The molecular weight excluding hydrogens is 196 g/mol. The Morgan fingerprint density at radius 1 is 0.875 bits per heavy atom. The Morgan fingerprint density at radius 2 is 1.38 bits per heavy atom. The Hall–Kier alpha value is -0.0800. The van der Waals surface area contributed by atoms with Crippen molar-refractivity contribution >= 4 is 0 Å². The Kier molecular flexibility index (Phi) is 8.04. The fourth-order valence-electron chi connectivity index (χ4n) is 2.38. The van der Waals surface area contributed by atoms with Gasteiger partial charge in [0.15, 0.2) is 0 Å². The molecule has 0 saturated heterocycles. The van der Waals surface area contributed by atoms with Crippen LogP contribution in [0.15, 0.2) is 0 Å². The highest BCUT2D eigenvalue weighted by Crippen LogP contribution is 2.10. The van der Waals surface area contributed by atoms with Gasteiger partial charge < -0.3 is 10.2 Å². The predicted octanol–water partition coefficient (Wildman–Crippen LogP) is 2.99. The first-order chi connectivity index (χ1) is 7.31. The van der Waals surface area contributed by atoms with Gasteiger partial charge in [0.1, 0.15) is 0 Å². The van der Waals surface area contributed by atoms with Gasteiger partial charge in [-0.15, -0.1) is 0 Å². The molecule has 0 aromatic carbocycles. The molecule has 0 saturated carbocycles. The molecule has 2 unspecified atom stereocenters. The maximum Gasteiger partial charge on any atom is 0.0199 e. The number of nitrogens with one attached hydrogen (secondary N) is 1. The molecule has 2 atom stereocenters. The summed E-state index contributed by atoms with van der Waals surface area (Å²) in [5.41, 5.74) is 0. The van der Waals surface area contributed by atoms with Crippen LogP contribution in [0.2, 0.25) is 0 Å². The molecule has 0 aliphatic rings. The van der Waals surface area contributed by atoms with Gasteiger partial charge in [-0.1, -0.05) is 27.7 Å². The Bertz CT molecular complexity index is 154. The van der Waals surface area contributed by atoms with Gasteiger partial charge in [-0.2, -0.15) is 0 Å². The highest BCUT2D eigenvalue weighted by molar-refractivity contribution is 4.75. The van der Waals surface area contributed by atoms with E-state index in [0.29, 0.717) is 12.1 Å². The monoisotopic (exact) mass is 228 g/mol. The van der Waals surface area contributed by atoms with Crippen molar-refractivity contribution < 1.29 is 0 Å². The van der Waals surface area contributed by atoms with Crippen LogP contribution in [0.5, 0.6) is 0 Å². The van der Waals surface area contributed by atoms with Gasteiger partial charge in [0.25, 0.3) is 0 Å². The van der Waals surface area contributed by atoms with Crippen LogP contribution in [0.1, 0.15) is 47.5 Å². The molecule has 0 heterocycles. The third kappa shape index (κ3) is 9.17. The van der Waals surface area contributed by atoms with E-state index in [4.69, 9.17) is 0 Å². The molecule has 0 bridgehead atoms. The Morgan fingerprint density at radius 3 is 1.75 bits per heavy atom. The van der Waals surface area contributed by atoms with Crippen LogP contribution < -0.4 is 5.32 Å². The van der Waals surface area contributed by atoms with Crippen LogP contribution in [-0.2, 0) is 0 Å². The standard InChI is InChI=1S/C14H32N2/c1-11(2)8-13(5)15-14(9-12(3)4)10-16(6)7/h11-15H,8-10H2,1-7H3. The van der Waals surface area contributed by atoms with Gasteiger partial charge in [-0.05, 0) is 45.7 Å². The maximum absolute atomic E-state index is 3.77. The SMILES string of the molecule is CC(C)CC(C)NC(CC(C)C)CN(C)C. The number of nitrogens with zero attached hydrogens (tertiary/aromatic N) is 1. The van der Waals surface area contributed by atoms with Gasteiger partial charge in [0.05, 0.1) is 0 Å². The van der Waals surface area contributed by atoms with E-state index in [0.717, 1.165) is 18.4 Å². The second kappa shape index (κ2) is 8.08. The molecule has 16 heavy (non-hydrogen) atoms. The maximum atomic E-state index is 3.77. The van der Waals surface area contributed by atoms with Crippen molar-refractivity contribution in [3.05, 3.63) is 0 Å². The highest BCUT2D eigenvalue weighted by atomic mass is 15.1. The van der Waals surface area contributed by atoms with Crippen LogP contribution in [-0.4, -0.2) is 37.6 Å². The molecule has 0 aromatic heterocycles. The molecule has 0 aromatic rings. The minimum atomic E-state index is 0.628. The summed E-state index contributed by atoms with van der Waals surface area (Å²) in [5.74, 6) is 1.55. The summed E-state index contributed by atoms with van der Waals surface area (Å²) in [7, 11) is 4.31. The first-order valence-electron chi connectivity index (χ1n) is 6.72. The first-order valence-corrected chi connectivity index (χ1v) is 6.72. The van der Waals surface area contributed by atoms with Gasteiger partial charge >= 0.3 is 0 Å². The van der Waals surface area contributed by atoms with Gasteiger partial charge in [-0.3, -0.25) is 0 Å². The molecule has 0 aliphatic heterocycles. The number of rotatable bonds is 8. The highest BCUT2D eigenvalue weighted by Gasteiger charge is 2.15. The zero-order valence-corrected chi connectivity index (χ0v) is 12.4. The van der Waals surface area contributed by atoms with Crippen molar-refractivity contribution in [2.45, 2.75) is 59.5 Å². The van der Waals surface area contributed by atoms with Gasteiger partial charge in [-0.25, -0.2) is 0 Å². The normalized spacial score (nSPS) is 16.1. The Labute approximate surface area is 103 Å². The zero-order valence-electron chi connectivity index (χ0n) is 12.4. The fourth-order valence-corrected chi connectivity index (χ4v) is 2.38. The molecule has 0 fully saturated rings. The lowest BCUT2D eigenvalue weighted by Crippen LogP contribution is -2.44. The van der Waals surface area contributed by atoms with E-state index in [1.54, 1.807) is 0 Å². The summed E-state index contributed by atoms with van der Waals surface area (Å²) in [6.07, 6.45) is 2.53. The third-order valence-corrected chi connectivity index (χ3v) is 2.69. The first kappa shape index (κ1) is 15.9. The summed E-state index contributed by atoms with van der Waals surface area (Å²) < 4.78 is 0. The summed E-state index contributed by atoms with van der Waals surface area (Å²) in [6.45, 7) is 12.6. The van der Waals surface area contributed by atoms with Gasteiger partial charge in [0, 0.05) is 18.6 Å². The van der Waals surface area contributed by atoms with Crippen molar-refractivity contribution in [2.75, 3.05) is 20.6 Å². The van der Waals surface area contributed by atoms with E-state index in [1.807, 2.05) is 0 Å². The molecule has 0 aliphatic carbocycles. The van der Waals surface area contributed by atoms with E-state index in [2.05, 4.69) is 58.9 Å². The van der Waals surface area contributed by atoms with E-state index in [9.17, 15) is 0 Å². The molecule has 0 amide bonds. The smallest absolute Gasteiger partial charge is 0.0199 e. The Balaban J connectivity index is 4.08. The van der Waals surface area contributed by atoms with Crippen LogP contribution in [0, 0.1) is 11.8 Å². The lowest BCUT2D eigenvalue weighted by molar-refractivity contribution is 0.279. The number of likely N-dealkylation sites (N-methyl/N-ethyl adjacent to an activating group) is 1. The average Bonchev–Trinajstić information content (AvgIpc) is 1.97. The number of hydrogen-bond donors (Lipinski definition) is 1. The van der Waals surface area contributed by atoms with Crippen molar-refractivity contribution in [1.82, 2.24) is 10.2 Å². The van der Waals surface area contributed by atoms with E-state index in [1.165, 1.54) is 12.8 Å². The van der Waals surface area contributed by atoms with Crippen molar-refractivity contribution in [1.29, 1.82) is 0 Å². The molecular formula is C14H32N2. The molecule has 0 spiro atoms. The lowest BCUT2D eigenvalue weighted by Gasteiger charge is -2.28. The largest absolute Gasteiger partial charge is 0.310 e. The third-order valence-electron chi connectivity index (χ3n) is 2.69. The van der Waals surface area contributed by atoms with Crippen LogP contribution >= 0.6 is 0 Å². The fraction of sp³-hybridized carbons (Fsp3) is 1.00. The van der Waals surface area contributed by atoms with E-state index >= 15 is 0 Å². The van der Waals surface area contributed by atoms with Gasteiger partial charge in [0.2, 0.25) is 0 Å². The second-order valence-electron chi connectivity index (χ2n) is 6.29. The number of hydrogen-bond acceptors (Lipinski definition) is 2. The van der Waals surface area contributed by atoms with Crippen LogP contribution in [0.25, 0.3) is 0 Å². The van der Waals surface area contributed by atoms with E-state index in [-0.39, 0.29) is 0 Å². The summed E-state index contributed by atoms with van der Waals surface area (Å²) >= 11 is 0. The summed E-state index contributed by atoms with van der Waals surface area (Å²) in [4.78, 5) is 2.28. The van der Waals surface area contributed by atoms with Crippen molar-refractivity contribution in [3.63, 3.8) is 0 Å². The summed E-state index contributed by atoms with van der Waals surface area (Å²) in [5, 5.41) is 3.77. The minimum Gasteiger partial charge on any atom is -0.310 e. The molecule has 2 heteroatoms. The minimum absolute atomic E-state index is 0.628. The molecule has 0 rings (SSSR count). The topological polar surface area (TPSA) is 15.3 Å². The zero-order chi connectivity index (χ0) is 12.7. The predicted molar refractivity (Wildman–Crippen MR) is 73.8 cm³/mol. The second-order valence-corrected chi connectivity index (χ2v) is 6.29. The molecule has 1 N–H and O–H groups in total. The van der Waals surface area contributed by atoms with Crippen molar-refractivity contribution in [3.8, 4) is 0 Å². The average molecular weight is 228 g/mol. The molecule has 2 nitrogen and oxygen atoms in total. The molecule has 98 valence electrons. The lowest BCUT2D eigenvalue weighted by atomic mass is 10.00. The summed E-state index contributed by atoms with van der Waals surface area (Å²) in [6, 6.07) is 1.26. The van der Waals surface area contributed by atoms with Crippen LogP contribution in [0.3, 0.4) is 0 Å². The quantitative estimate of drug-likeness (QED) is 0.687.